The number of aliphatic hydroxyl groups excluding tert-OH is 1. The van der Waals surface area contributed by atoms with E-state index in [2.05, 4.69) is 22.5 Å². The van der Waals surface area contributed by atoms with Crippen LogP contribution in [0.15, 0.2) is 79.0 Å². The Kier molecular flexibility index (Phi) is 6.41. The van der Waals surface area contributed by atoms with Gasteiger partial charge in [-0.25, -0.2) is 0 Å². The van der Waals surface area contributed by atoms with Crippen LogP contribution >= 0.6 is 0 Å². The van der Waals surface area contributed by atoms with Crippen molar-refractivity contribution in [2.75, 3.05) is 26.3 Å². The van der Waals surface area contributed by atoms with E-state index in [1.807, 2.05) is 71.5 Å². The third-order valence-corrected chi connectivity index (χ3v) is 5.50. The van der Waals surface area contributed by atoms with Crippen LogP contribution in [-0.4, -0.2) is 53.4 Å². The third-order valence-electron chi connectivity index (χ3n) is 5.50. The van der Waals surface area contributed by atoms with Gasteiger partial charge < -0.3 is 24.6 Å². The fourth-order valence-corrected chi connectivity index (χ4v) is 3.86. The Balaban J connectivity index is 1.11. The normalized spacial score (nSPS) is 16.0. The second-order valence-corrected chi connectivity index (χ2v) is 8.12. The highest BCUT2D eigenvalue weighted by Gasteiger charge is 2.20. The zero-order valence-corrected chi connectivity index (χ0v) is 18.3. The predicted molar refractivity (Wildman–Crippen MR) is 126 cm³/mol. The van der Waals surface area contributed by atoms with Crippen molar-refractivity contribution in [1.82, 2.24) is 15.1 Å². The monoisotopic (exact) mass is 445 g/mol. The molecule has 7 heteroatoms. The quantitative estimate of drug-likeness (QED) is 0.412. The van der Waals surface area contributed by atoms with Crippen molar-refractivity contribution in [1.29, 1.82) is 0 Å². The Hall–Kier alpha value is -3.55. The summed E-state index contributed by atoms with van der Waals surface area (Å²) < 4.78 is 19.5. The zero-order valence-electron chi connectivity index (χ0n) is 18.3. The predicted octanol–water partition coefficient (Wildman–Crippen LogP) is 3.25. The Labute approximate surface area is 192 Å². The lowest BCUT2D eigenvalue weighted by molar-refractivity contribution is 0.0780. The Morgan fingerprint density at radius 3 is 2.73 bits per heavy atom. The van der Waals surface area contributed by atoms with Gasteiger partial charge in [-0.1, -0.05) is 48.5 Å². The number of ether oxygens (including phenoxy) is 3. The number of aliphatic hydroxyl groups is 1. The molecule has 33 heavy (non-hydrogen) atoms. The molecule has 1 aliphatic rings. The van der Waals surface area contributed by atoms with E-state index >= 15 is 0 Å². The first-order chi connectivity index (χ1) is 16.2. The minimum absolute atomic E-state index is 0.0998. The van der Waals surface area contributed by atoms with Gasteiger partial charge >= 0.3 is 0 Å². The Morgan fingerprint density at radius 1 is 1.03 bits per heavy atom. The zero-order chi connectivity index (χ0) is 22.5. The van der Waals surface area contributed by atoms with Gasteiger partial charge in [0.25, 0.3) is 0 Å². The molecule has 0 saturated carbocycles. The van der Waals surface area contributed by atoms with Gasteiger partial charge in [-0.2, -0.15) is 5.10 Å². The largest absolute Gasteiger partial charge is 0.490 e. The highest BCUT2D eigenvalue weighted by atomic mass is 16.6. The maximum Gasteiger partial charge on any atom is 0.161 e. The minimum atomic E-state index is -0.656. The second kappa shape index (κ2) is 9.94. The summed E-state index contributed by atoms with van der Waals surface area (Å²) in [5.74, 6) is 2.23. The van der Waals surface area contributed by atoms with Gasteiger partial charge in [-0.3, -0.25) is 4.68 Å². The van der Waals surface area contributed by atoms with E-state index in [4.69, 9.17) is 14.2 Å². The van der Waals surface area contributed by atoms with E-state index < -0.39 is 6.10 Å². The van der Waals surface area contributed by atoms with Crippen molar-refractivity contribution in [2.24, 2.45) is 0 Å². The van der Waals surface area contributed by atoms with Crippen LogP contribution in [0.2, 0.25) is 0 Å². The molecular weight excluding hydrogens is 418 g/mol. The average Bonchev–Trinajstić information content (AvgIpc) is 3.26. The number of fused-ring (bicyclic) bond motifs is 2. The fraction of sp³-hybridized carbons (Fsp3) is 0.269. The molecule has 1 aliphatic heterocycles. The number of para-hydroxylation sites is 2. The van der Waals surface area contributed by atoms with Crippen molar-refractivity contribution >= 4 is 10.9 Å². The molecule has 0 spiro atoms. The number of hydrogen-bond donors (Lipinski definition) is 2. The van der Waals surface area contributed by atoms with E-state index in [9.17, 15) is 5.11 Å². The second-order valence-electron chi connectivity index (χ2n) is 8.12. The molecule has 170 valence electrons. The number of rotatable bonds is 9. The van der Waals surface area contributed by atoms with Crippen molar-refractivity contribution in [2.45, 2.75) is 18.8 Å². The summed E-state index contributed by atoms with van der Waals surface area (Å²) in [7, 11) is 0. The molecule has 0 saturated heterocycles. The number of nitrogens with one attached hydrogen (secondary N) is 1. The Morgan fingerprint density at radius 2 is 1.85 bits per heavy atom. The highest BCUT2D eigenvalue weighted by molar-refractivity contribution is 5.84. The van der Waals surface area contributed by atoms with Gasteiger partial charge in [0, 0.05) is 19.3 Å². The van der Waals surface area contributed by atoms with Gasteiger partial charge in [0.15, 0.2) is 11.5 Å². The number of aromatic nitrogens is 2. The first-order valence-electron chi connectivity index (χ1n) is 11.1. The summed E-state index contributed by atoms with van der Waals surface area (Å²) in [5, 5.41) is 19.2. The van der Waals surface area contributed by atoms with Gasteiger partial charge in [0.05, 0.1) is 17.4 Å². The van der Waals surface area contributed by atoms with Crippen molar-refractivity contribution in [3.8, 4) is 17.2 Å². The number of benzene rings is 3. The van der Waals surface area contributed by atoms with Crippen LogP contribution in [-0.2, 0) is 6.54 Å². The van der Waals surface area contributed by atoms with Crippen LogP contribution in [0.3, 0.4) is 0 Å². The topological polar surface area (TPSA) is 77.8 Å². The van der Waals surface area contributed by atoms with E-state index in [0.29, 0.717) is 32.0 Å². The van der Waals surface area contributed by atoms with Gasteiger partial charge in [0.2, 0.25) is 0 Å². The standard InChI is InChI=1S/C26H27N3O4/c30-20(13-27-14-21-18-32-25-10-4-5-11-26(25)33-21)17-31-24-12-6-9-23-22(24)16-29(28-23)15-19-7-2-1-3-8-19/h1-12,16,20-21,27,30H,13-15,17-18H2. The van der Waals surface area contributed by atoms with E-state index in [-0.39, 0.29) is 12.7 Å². The van der Waals surface area contributed by atoms with E-state index in [0.717, 1.165) is 22.4 Å². The van der Waals surface area contributed by atoms with Crippen LogP contribution in [0.4, 0.5) is 0 Å². The molecule has 1 aromatic heterocycles. The van der Waals surface area contributed by atoms with E-state index in [1.165, 1.54) is 5.56 Å². The molecule has 7 nitrogen and oxygen atoms in total. The van der Waals surface area contributed by atoms with Crippen LogP contribution in [0.5, 0.6) is 17.2 Å². The number of hydrogen-bond acceptors (Lipinski definition) is 6. The van der Waals surface area contributed by atoms with Crippen molar-refractivity contribution in [3.05, 3.63) is 84.6 Å². The molecule has 0 fully saturated rings. The molecule has 0 radical (unpaired) electrons. The molecular formula is C26H27N3O4. The maximum atomic E-state index is 10.4. The molecule has 2 unspecified atom stereocenters. The SMILES string of the molecule is OC(CNCC1COc2ccccc2O1)COc1cccc2nn(Cc3ccccc3)cc12. The smallest absolute Gasteiger partial charge is 0.161 e. The van der Waals surface area contributed by atoms with E-state index in [1.54, 1.807) is 0 Å². The lowest BCUT2D eigenvalue weighted by atomic mass is 10.2. The fourth-order valence-electron chi connectivity index (χ4n) is 3.86. The van der Waals surface area contributed by atoms with Gasteiger partial charge in [0.1, 0.15) is 31.2 Å². The molecule has 2 heterocycles. The maximum absolute atomic E-state index is 10.4. The summed E-state index contributed by atoms with van der Waals surface area (Å²) >= 11 is 0. The number of nitrogens with zero attached hydrogens (tertiary/aromatic N) is 2. The first-order valence-corrected chi connectivity index (χ1v) is 11.1. The van der Waals surface area contributed by atoms with Gasteiger partial charge in [-0.05, 0) is 29.8 Å². The molecule has 3 aromatic carbocycles. The van der Waals surface area contributed by atoms with Crippen LogP contribution in [0, 0.1) is 0 Å². The summed E-state index contributed by atoms with van der Waals surface area (Å²) in [6, 6.07) is 23.6. The lowest BCUT2D eigenvalue weighted by Gasteiger charge is -2.27. The Bertz CT molecular complexity index is 1190. The summed E-state index contributed by atoms with van der Waals surface area (Å²) in [5.41, 5.74) is 2.05. The summed E-state index contributed by atoms with van der Waals surface area (Å²) in [4.78, 5) is 0. The third kappa shape index (κ3) is 5.27. The molecule has 4 aromatic rings. The molecule has 0 aliphatic carbocycles. The molecule has 2 N–H and O–H groups in total. The minimum Gasteiger partial charge on any atom is -0.490 e. The summed E-state index contributed by atoms with van der Waals surface area (Å²) in [6.45, 7) is 2.32. The summed E-state index contributed by atoms with van der Waals surface area (Å²) in [6.07, 6.45) is 1.23. The molecule has 5 rings (SSSR count). The highest BCUT2D eigenvalue weighted by Crippen LogP contribution is 2.30. The average molecular weight is 446 g/mol. The first kappa shape index (κ1) is 21.3. The van der Waals surface area contributed by atoms with Crippen LogP contribution in [0.25, 0.3) is 10.9 Å². The molecule has 0 bridgehead atoms. The molecule has 0 amide bonds. The van der Waals surface area contributed by atoms with Crippen molar-refractivity contribution < 1.29 is 19.3 Å². The van der Waals surface area contributed by atoms with Crippen molar-refractivity contribution in [3.63, 3.8) is 0 Å². The van der Waals surface area contributed by atoms with Crippen LogP contribution in [0.1, 0.15) is 5.56 Å². The molecule has 2 atom stereocenters. The van der Waals surface area contributed by atoms with Crippen LogP contribution < -0.4 is 19.5 Å². The lowest BCUT2D eigenvalue weighted by Crippen LogP contribution is -2.41. The van der Waals surface area contributed by atoms with Gasteiger partial charge in [-0.15, -0.1) is 0 Å².